The molecule has 4 heterocycles. The first-order valence-corrected chi connectivity index (χ1v) is 10.3. The molecule has 0 radical (unpaired) electrons. The summed E-state index contributed by atoms with van der Waals surface area (Å²) in [6.07, 6.45) is 5.41. The van der Waals surface area contributed by atoms with Gasteiger partial charge in [-0.15, -0.1) is 5.10 Å². The average molecular weight is 388 g/mol. The molecule has 9 heteroatoms. The molecule has 2 aliphatic rings. The number of nitrogens with zero attached hydrogens (tertiary/aromatic N) is 5. The molecule has 0 aromatic carbocycles. The molecule has 2 N–H and O–H groups in total. The summed E-state index contributed by atoms with van der Waals surface area (Å²) in [5, 5.41) is 12.6. The fraction of sp³-hybridized carbons (Fsp3) is 0.556. The molecular formula is C18H24N6O2S. The summed E-state index contributed by atoms with van der Waals surface area (Å²) < 4.78 is 1.90. The van der Waals surface area contributed by atoms with Crippen LogP contribution in [0.25, 0.3) is 11.3 Å². The highest BCUT2D eigenvalue weighted by atomic mass is 32.1. The maximum atomic E-state index is 12.8. The Kier molecular flexibility index (Phi) is 5.11. The van der Waals surface area contributed by atoms with E-state index in [0.29, 0.717) is 18.9 Å². The molecule has 2 fully saturated rings. The number of carbonyl (C=O) groups is 2. The van der Waals surface area contributed by atoms with Crippen LogP contribution in [0.3, 0.4) is 0 Å². The fourth-order valence-corrected chi connectivity index (χ4v) is 4.68. The standard InChI is InChI=1S/C18H24N6O2S/c19-18(26)24-6-1-2-16(24)17(25)22-7-3-13(4-8-22)10-23-11-15(20-21-23)14-5-9-27-12-14/h5,9,11-13,16H,1-4,6-8,10H2,(H2,19,26). The highest BCUT2D eigenvalue weighted by Gasteiger charge is 2.36. The van der Waals surface area contributed by atoms with E-state index in [2.05, 4.69) is 15.7 Å². The SMILES string of the molecule is NC(=O)N1CCCC1C(=O)N1CCC(Cn2cc(-c3ccsc3)nn2)CC1. The Labute approximate surface area is 161 Å². The van der Waals surface area contributed by atoms with Crippen molar-refractivity contribution in [3.63, 3.8) is 0 Å². The third kappa shape index (κ3) is 3.83. The molecule has 0 aliphatic carbocycles. The first kappa shape index (κ1) is 18.0. The number of hydrogen-bond acceptors (Lipinski definition) is 5. The second-order valence-electron chi connectivity index (χ2n) is 7.30. The van der Waals surface area contributed by atoms with Gasteiger partial charge >= 0.3 is 6.03 Å². The summed E-state index contributed by atoms with van der Waals surface area (Å²) in [5.41, 5.74) is 7.40. The minimum Gasteiger partial charge on any atom is -0.351 e. The molecule has 2 aromatic rings. The van der Waals surface area contributed by atoms with Crippen molar-refractivity contribution in [1.82, 2.24) is 24.8 Å². The largest absolute Gasteiger partial charge is 0.351 e. The third-order valence-corrected chi connectivity index (χ3v) is 6.23. The van der Waals surface area contributed by atoms with Crippen LogP contribution >= 0.6 is 11.3 Å². The van der Waals surface area contributed by atoms with Crippen LogP contribution in [0, 0.1) is 5.92 Å². The third-order valence-electron chi connectivity index (χ3n) is 5.55. The lowest BCUT2D eigenvalue weighted by Gasteiger charge is -2.35. The molecular weight excluding hydrogens is 364 g/mol. The van der Waals surface area contributed by atoms with Crippen molar-refractivity contribution < 1.29 is 9.59 Å². The zero-order valence-corrected chi connectivity index (χ0v) is 16.0. The van der Waals surface area contributed by atoms with E-state index in [1.54, 1.807) is 11.3 Å². The molecule has 144 valence electrons. The van der Waals surface area contributed by atoms with Gasteiger partial charge in [0.25, 0.3) is 0 Å². The lowest BCUT2D eigenvalue weighted by molar-refractivity contribution is -0.136. The lowest BCUT2D eigenvalue weighted by atomic mass is 9.96. The zero-order chi connectivity index (χ0) is 18.8. The Hall–Kier alpha value is -2.42. The van der Waals surface area contributed by atoms with E-state index in [9.17, 15) is 9.59 Å². The van der Waals surface area contributed by atoms with Gasteiger partial charge in [-0.1, -0.05) is 5.21 Å². The maximum Gasteiger partial charge on any atom is 0.315 e. The van der Waals surface area contributed by atoms with Crippen LogP contribution in [0.5, 0.6) is 0 Å². The van der Waals surface area contributed by atoms with Crippen molar-refractivity contribution in [3.8, 4) is 11.3 Å². The van der Waals surface area contributed by atoms with Gasteiger partial charge in [0.2, 0.25) is 5.91 Å². The number of nitrogens with two attached hydrogens (primary N) is 1. The van der Waals surface area contributed by atoms with E-state index in [1.165, 1.54) is 4.90 Å². The number of thiophene rings is 1. The summed E-state index contributed by atoms with van der Waals surface area (Å²) in [7, 11) is 0. The average Bonchev–Trinajstić information content (AvgIpc) is 3.42. The van der Waals surface area contributed by atoms with Gasteiger partial charge < -0.3 is 15.5 Å². The Balaban J connectivity index is 1.30. The van der Waals surface area contributed by atoms with Crippen molar-refractivity contribution in [2.45, 2.75) is 38.3 Å². The van der Waals surface area contributed by atoms with Crippen LogP contribution in [0.15, 0.2) is 23.0 Å². The molecule has 8 nitrogen and oxygen atoms in total. The summed E-state index contributed by atoms with van der Waals surface area (Å²) in [5.74, 6) is 0.521. The van der Waals surface area contributed by atoms with E-state index in [-0.39, 0.29) is 11.9 Å². The molecule has 3 amide bonds. The number of hydrogen-bond donors (Lipinski definition) is 1. The molecule has 2 aromatic heterocycles. The first-order valence-electron chi connectivity index (χ1n) is 9.39. The highest BCUT2D eigenvalue weighted by Crippen LogP contribution is 2.25. The molecule has 1 atom stereocenters. The minimum absolute atomic E-state index is 0.0465. The first-order chi connectivity index (χ1) is 13.1. The molecule has 0 spiro atoms. The van der Waals surface area contributed by atoms with Gasteiger partial charge in [-0.3, -0.25) is 9.48 Å². The number of aromatic nitrogens is 3. The predicted molar refractivity (Wildman–Crippen MR) is 102 cm³/mol. The van der Waals surface area contributed by atoms with Gasteiger partial charge in [0.15, 0.2) is 0 Å². The van der Waals surface area contributed by atoms with Crippen LogP contribution in [0.1, 0.15) is 25.7 Å². The van der Waals surface area contributed by atoms with Crippen LogP contribution in [-0.4, -0.2) is 62.4 Å². The van der Waals surface area contributed by atoms with Crippen molar-refractivity contribution in [3.05, 3.63) is 23.0 Å². The molecule has 0 saturated carbocycles. The zero-order valence-electron chi connectivity index (χ0n) is 15.2. The number of carbonyl (C=O) groups excluding carboxylic acids is 2. The van der Waals surface area contributed by atoms with Gasteiger partial charge in [-0.2, -0.15) is 11.3 Å². The van der Waals surface area contributed by atoms with Gasteiger partial charge in [0.05, 0.1) is 6.20 Å². The van der Waals surface area contributed by atoms with E-state index >= 15 is 0 Å². The Morgan fingerprint density at radius 3 is 2.74 bits per heavy atom. The van der Waals surface area contributed by atoms with Gasteiger partial charge in [-0.05, 0) is 43.0 Å². The monoisotopic (exact) mass is 388 g/mol. The Bertz CT molecular complexity index is 797. The molecule has 0 bridgehead atoms. The van der Waals surface area contributed by atoms with Crippen LogP contribution < -0.4 is 5.73 Å². The predicted octanol–water partition coefficient (Wildman–Crippen LogP) is 1.79. The van der Waals surface area contributed by atoms with Gasteiger partial charge in [-0.25, -0.2) is 4.79 Å². The normalized spacial score (nSPS) is 21.0. The number of likely N-dealkylation sites (tertiary alicyclic amines) is 2. The van der Waals surface area contributed by atoms with E-state index in [1.807, 2.05) is 27.2 Å². The van der Waals surface area contributed by atoms with Gasteiger partial charge in [0.1, 0.15) is 11.7 Å². The van der Waals surface area contributed by atoms with Crippen molar-refractivity contribution in [2.24, 2.45) is 11.7 Å². The number of primary amides is 1. The second kappa shape index (κ2) is 7.67. The Morgan fingerprint density at radius 1 is 1.22 bits per heavy atom. The fourth-order valence-electron chi connectivity index (χ4n) is 4.03. The lowest BCUT2D eigenvalue weighted by Crippen LogP contribution is -2.51. The molecule has 2 aliphatic heterocycles. The molecule has 1 unspecified atom stereocenters. The highest BCUT2D eigenvalue weighted by molar-refractivity contribution is 7.08. The number of urea groups is 1. The minimum atomic E-state index is -0.492. The Morgan fingerprint density at radius 2 is 2.04 bits per heavy atom. The van der Waals surface area contributed by atoms with Crippen LogP contribution in [0.4, 0.5) is 4.79 Å². The summed E-state index contributed by atoms with van der Waals surface area (Å²) in [6.45, 7) is 2.84. The summed E-state index contributed by atoms with van der Waals surface area (Å²) in [6, 6.07) is 1.18. The van der Waals surface area contributed by atoms with Crippen LogP contribution in [-0.2, 0) is 11.3 Å². The van der Waals surface area contributed by atoms with Crippen LogP contribution in [0.2, 0.25) is 0 Å². The molecule has 4 rings (SSSR count). The summed E-state index contributed by atoms with van der Waals surface area (Å²) >= 11 is 1.65. The molecule has 27 heavy (non-hydrogen) atoms. The van der Waals surface area contributed by atoms with Crippen molar-refractivity contribution >= 4 is 23.3 Å². The number of piperidine rings is 1. The maximum absolute atomic E-state index is 12.8. The van der Waals surface area contributed by atoms with E-state index in [0.717, 1.165) is 50.2 Å². The summed E-state index contributed by atoms with van der Waals surface area (Å²) in [4.78, 5) is 27.7. The van der Waals surface area contributed by atoms with Gasteiger partial charge in [0, 0.05) is 37.1 Å². The van der Waals surface area contributed by atoms with Crippen molar-refractivity contribution in [2.75, 3.05) is 19.6 Å². The van der Waals surface area contributed by atoms with E-state index < -0.39 is 6.03 Å². The number of rotatable bonds is 4. The smallest absolute Gasteiger partial charge is 0.315 e. The second-order valence-corrected chi connectivity index (χ2v) is 8.08. The topological polar surface area (TPSA) is 97.3 Å². The van der Waals surface area contributed by atoms with Crippen molar-refractivity contribution in [1.29, 1.82) is 0 Å². The van der Waals surface area contributed by atoms with E-state index in [4.69, 9.17) is 5.73 Å². The quantitative estimate of drug-likeness (QED) is 0.863. The molecule has 2 saturated heterocycles. The number of amides is 3.